The van der Waals surface area contributed by atoms with Gasteiger partial charge in [0, 0.05) is 11.3 Å². The lowest BCUT2D eigenvalue weighted by Gasteiger charge is -2.10. The molecule has 0 amide bonds. The quantitative estimate of drug-likeness (QED) is 0.778. The topological polar surface area (TPSA) is 72.5 Å². The maximum atomic E-state index is 11.7. The number of ether oxygens (including phenoxy) is 1. The van der Waals surface area contributed by atoms with Gasteiger partial charge in [0.05, 0.1) is 18.5 Å². The number of carbonyl (C=O) groups excluding carboxylic acids is 1. The van der Waals surface area contributed by atoms with Crippen LogP contribution in [-0.4, -0.2) is 32.7 Å². The first kappa shape index (κ1) is 15.7. The van der Waals surface area contributed by atoms with Gasteiger partial charge in [-0.05, 0) is 45.0 Å². The van der Waals surface area contributed by atoms with Crippen molar-refractivity contribution in [2.45, 2.75) is 26.9 Å². The highest BCUT2D eigenvalue weighted by molar-refractivity contribution is 7.92. The molecule has 0 saturated carbocycles. The van der Waals surface area contributed by atoms with Gasteiger partial charge >= 0.3 is 0 Å². The van der Waals surface area contributed by atoms with Crippen LogP contribution in [0, 0.1) is 0 Å². The van der Waals surface area contributed by atoms with Gasteiger partial charge in [-0.2, -0.15) is 0 Å². The van der Waals surface area contributed by atoms with Gasteiger partial charge < -0.3 is 4.74 Å². The number of hydrogen-bond donors (Lipinski definition) is 1. The van der Waals surface area contributed by atoms with Gasteiger partial charge in [0.2, 0.25) is 10.0 Å². The molecule has 19 heavy (non-hydrogen) atoms. The fourth-order valence-electron chi connectivity index (χ4n) is 1.40. The first-order valence-electron chi connectivity index (χ1n) is 6.03. The van der Waals surface area contributed by atoms with Gasteiger partial charge in [-0.1, -0.05) is 0 Å². The Kier molecular flexibility index (Phi) is 5.50. The van der Waals surface area contributed by atoms with E-state index in [1.807, 2.05) is 13.8 Å². The van der Waals surface area contributed by atoms with E-state index >= 15 is 0 Å². The van der Waals surface area contributed by atoms with Crippen LogP contribution < -0.4 is 4.72 Å². The molecule has 1 aromatic carbocycles. The predicted octanol–water partition coefficient (Wildman–Crippen LogP) is 2.06. The minimum Gasteiger partial charge on any atom is -0.378 e. The summed E-state index contributed by atoms with van der Waals surface area (Å²) in [5.41, 5.74) is 0.987. The predicted molar refractivity (Wildman–Crippen MR) is 74.9 cm³/mol. The third kappa shape index (κ3) is 5.85. The smallest absolute Gasteiger partial charge is 0.234 e. The molecule has 0 saturated heterocycles. The first-order chi connectivity index (χ1) is 8.80. The van der Waals surface area contributed by atoms with Crippen LogP contribution in [0.3, 0.4) is 0 Å². The van der Waals surface area contributed by atoms with E-state index in [1.165, 1.54) is 6.92 Å². The van der Waals surface area contributed by atoms with Crippen molar-refractivity contribution < 1.29 is 17.9 Å². The molecule has 0 spiro atoms. The Hall–Kier alpha value is -1.40. The van der Waals surface area contributed by atoms with Crippen molar-refractivity contribution in [3.8, 4) is 0 Å². The Morgan fingerprint density at radius 1 is 1.26 bits per heavy atom. The summed E-state index contributed by atoms with van der Waals surface area (Å²) in [6.45, 7) is 5.31. The van der Waals surface area contributed by atoms with Crippen molar-refractivity contribution in [2.75, 3.05) is 17.1 Å². The second-order valence-corrected chi connectivity index (χ2v) is 6.32. The van der Waals surface area contributed by atoms with Gasteiger partial charge in [0.25, 0.3) is 0 Å². The molecule has 0 bridgehead atoms. The third-order valence-electron chi connectivity index (χ3n) is 2.37. The van der Waals surface area contributed by atoms with Gasteiger partial charge in [-0.25, -0.2) is 8.42 Å². The molecule has 0 radical (unpaired) electrons. The summed E-state index contributed by atoms with van der Waals surface area (Å²) in [5, 5.41) is 0. The van der Waals surface area contributed by atoms with E-state index in [0.717, 1.165) is 0 Å². The van der Waals surface area contributed by atoms with Crippen LogP contribution in [-0.2, 0) is 14.8 Å². The SMILES string of the molecule is CC(=O)c1ccc(NS(=O)(=O)CCOC(C)C)cc1. The van der Waals surface area contributed by atoms with Crippen molar-refractivity contribution in [3.05, 3.63) is 29.8 Å². The lowest BCUT2D eigenvalue weighted by Crippen LogP contribution is -2.21. The van der Waals surface area contributed by atoms with Crippen molar-refractivity contribution in [3.63, 3.8) is 0 Å². The lowest BCUT2D eigenvalue weighted by atomic mass is 10.1. The largest absolute Gasteiger partial charge is 0.378 e. The molecule has 0 aliphatic rings. The highest BCUT2D eigenvalue weighted by Gasteiger charge is 2.11. The van der Waals surface area contributed by atoms with Gasteiger partial charge in [-0.3, -0.25) is 9.52 Å². The van der Waals surface area contributed by atoms with Gasteiger partial charge in [0.1, 0.15) is 0 Å². The maximum absolute atomic E-state index is 11.7. The summed E-state index contributed by atoms with van der Waals surface area (Å²) in [6, 6.07) is 6.31. The number of ketones is 1. The average molecular weight is 285 g/mol. The molecule has 0 aliphatic heterocycles. The van der Waals surface area contributed by atoms with Gasteiger partial charge in [0.15, 0.2) is 5.78 Å². The average Bonchev–Trinajstić information content (AvgIpc) is 2.28. The molecule has 0 heterocycles. The molecule has 5 nitrogen and oxygen atoms in total. The Morgan fingerprint density at radius 2 is 1.84 bits per heavy atom. The van der Waals surface area contributed by atoms with Crippen LogP contribution in [0.5, 0.6) is 0 Å². The van der Waals surface area contributed by atoms with Crippen LogP contribution >= 0.6 is 0 Å². The van der Waals surface area contributed by atoms with Crippen LogP contribution in [0.25, 0.3) is 0 Å². The normalized spacial score (nSPS) is 11.6. The molecule has 1 aromatic rings. The third-order valence-corrected chi connectivity index (χ3v) is 3.62. The second kappa shape index (κ2) is 6.68. The van der Waals surface area contributed by atoms with E-state index in [-0.39, 0.29) is 24.2 Å². The zero-order valence-electron chi connectivity index (χ0n) is 11.3. The minimum absolute atomic E-state index is 0.00468. The summed E-state index contributed by atoms with van der Waals surface area (Å²) in [6.07, 6.45) is 0.00468. The zero-order chi connectivity index (χ0) is 14.5. The standard InChI is InChI=1S/C13H19NO4S/c1-10(2)18-8-9-19(16,17)14-13-6-4-12(5-7-13)11(3)15/h4-7,10,14H,8-9H2,1-3H3. The number of sulfonamides is 1. The summed E-state index contributed by atoms with van der Waals surface area (Å²) in [4.78, 5) is 11.1. The number of rotatable bonds is 7. The Morgan fingerprint density at radius 3 is 2.32 bits per heavy atom. The maximum Gasteiger partial charge on any atom is 0.234 e. The Bertz CT molecular complexity index is 520. The lowest BCUT2D eigenvalue weighted by molar-refractivity contribution is 0.0913. The molecule has 106 valence electrons. The molecule has 1 rings (SSSR count). The molecule has 0 aliphatic carbocycles. The second-order valence-electron chi connectivity index (χ2n) is 4.47. The van der Waals surface area contributed by atoms with Gasteiger partial charge in [-0.15, -0.1) is 0 Å². The summed E-state index contributed by atoms with van der Waals surface area (Å²) in [5.74, 6) is -0.153. The van der Waals surface area contributed by atoms with E-state index in [2.05, 4.69) is 4.72 Å². The summed E-state index contributed by atoms with van der Waals surface area (Å²) in [7, 11) is -3.42. The molecule has 6 heteroatoms. The zero-order valence-corrected chi connectivity index (χ0v) is 12.2. The molecule has 0 aromatic heterocycles. The number of carbonyl (C=O) groups is 1. The van der Waals surface area contributed by atoms with Crippen LogP contribution in [0.15, 0.2) is 24.3 Å². The summed E-state index contributed by atoms with van der Waals surface area (Å²) < 4.78 is 31.1. The first-order valence-corrected chi connectivity index (χ1v) is 7.68. The van der Waals surface area contributed by atoms with E-state index in [0.29, 0.717) is 11.3 Å². The molecule has 1 N–H and O–H groups in total. The van der Waals surface area contributed by atoms with Crippen LogP contribution in [0.1, 0.15) is 31.1 Å². The fourth-order valence-corrected chi connectivity index (χ4v) is 2.31. The Labute approximate surface area is 114 Å². The number of benzene rings is 1. The minimum atomic E-state index is -3.42. The van der Waals surface area contributed by atoms with E-state index < -0.39 is 10.0 Å². The van der Waals surface area contributed by atoms with Crippen molar-refractivity contribution in [2.24, 2.45) is 0 Å². The molecular formula is C13H19NO4S. The van der Waals surface area contributed by atoms with Crippen molar-refractivity contribution in [1.82, 2.24) is 0 Å². The molecule has 0 unspecified atom stereocenters. The molecule has 0 atom stereocenters. The number of hydrogen-bond acceptors (Lipinski definition) is 4. The van der Waals surface area contributed by atoms with Crippen molar-refractivity contribution in [1.29, 1.82) is 0 Å². The number of anilines is 1. The molecular weight excluding hydrogens is 266 g/mol. The van der Waals surface area contributed by atoms with Crippen LogP contribution in [0.2, 0.25) is 0 Å². The molecule has 0 fully saturated rings. The summed E-state index contributed by atoms with van der Waals surface area (Å²) >= 11 is 0. The van der Waals surface area contributed by atoms with Crippen LogP contribution in [0.4, 0.5) is 5.69 Å². The Balaban J connectivity index is 2.60. The number of nitrogens with one attached hydrogen (secondary N) is 1. The van der Waals surface area contributed by atoms with E-state index in [1.54, 1.807) is 24.3 Å². The highest BCUT2D eigenvalue weighted by atomic mass is 32.2. The van der Waals surface area contributed by atoms with E-state index in [4.69, 9.17) is 4.74 Å². The fraction of sp³-hybridized carbons (Fsp3) is 0.462. The van der Waals surface area contributed by atoms with E-state index in [9.17, 15) is 13.2 Å². The monoisotopic (exact) mass is 285 g/mol. The highest BCUT2D eigenvalue weighted by Crippen LogP contribution is 2.12. The number of Topliss-reactive ketones (excluding diaryl/α,β-unsaturated/α-hetero) is 1. The van der Waals surface area contributed by atoms with Crippen molar-refractivity contribution >= 4 is 21.5 Å².